The third-order valence-electron chi connectivity index (χ3n) is 8.29. The zero-order valence-corrected chi connectivity index (χ0v) is 25.9. The lowest BCUT2D eigenvalue weighted by Gasteiger charge is -2.32. The second kappa shape index (κ2) is 17.3. The van der Waals surface area contributed by atoms with E-state index in [4.69, 9.17) is 14.2 Å². The number of carbonyl (C=O) groups is 3. The van der Waals surface area contributed by atoms with Crippen LogP contribution in [0.25, 0.3) is 0 Å². The van der Waals surface area contributed by atoms with E-state index in [1.165, 1.54) is 0 Å². The normalized spacial score (nSPS) is 28.5. The molecule has 0 aromatic rings. The van der Waals surface area contributed by atoms with Crippen molar-refractivity contribution in [3.63, 3.8) is 0 Å². The van der Waals surface area contributed by atoms with Gasteiger partial charge in [0.2, 0.25) is 0 Å². The van der Waals surface area contributed by atoms with E-state index in [0.717, 1.165) is 57.2 Å². The van der Waals surface area contributed by atoms with E-state index < -0.39 is 6.10 Å². The number of nitrogens with zero attached hydrogens (tertiary/aromatic N) is 3. The summed E-state index contributed by atoms with van der Waals surface area (Å²) in [5, 5.41) is 9.44. The minimum atomic E-state index is -0.453. The van der Waals surface area contributed by atoms with Crippen LogP contribution in [-0.4, -0.2) is 109 Å². The second-order valence-electron chi connectivity index (χ2n) is 12.0. The first-order chi connectivity index (χ1) is 20.2. The van der Waals surface area contributed by atoms with Gasteiger partial charge in [-0.3, -0.25) is 4.79 Å². The van der Waals surface area contributed by atoms with Crippen molar-refractivity contribution in [2.45, 2.75) is 84.0 Å². The SMILES string of the molecule is C/C(=C\C=C\[C@@H](C)COC(=O)N1CCC[C@@H]1CO)[C@H]1OC(=O)CCCCC[C@@H](OC(=O)N2CCN(C)CC2)/C=C\[C@@H]1C. The molecular formula is C32H51N3O7. The fourth-order valence-corrected chi connectivity index (χ4v) is 5.49. The number of aliphatic hydroxyl groups excluding tert-OH is 1. The quantitative estimate of drug-likeness (QED) is 0.200. The lowest BCUT2D eigenvalue weighted by atomic mass is 9.95. The van der Waals surface area contributed by atoms with Crippen LogP contribution >= 0.6 is 0 Å². The summed E-state index contributed by atoms with van der Waals surface area (Å²) in [5.41, 5.74) is 0.895. The van der Waals surface area contributed by atoms with Gasteiger partial charge in [0, 0.05) is 51.0 Å². The Morgan fingerprint density at radius 1 is 1.07 bits per heavy atom. The molecule has 0 radical (unpaired) electrons. The molecule has 0 bridgehead atoms. The summed E-state index contributed by atoms with van der Waals surface area (Å²) in [5.74, 6) is -0.347. The predicted molar refractivity (Wildman–Crippen MR) is 161 cm³/mol. The molecule has 42 heavy (non-hydrogen) atoms. The average molecular weight is 590 g/mol. The second-order valence-corrected chi connectivity index (χ2v) is 12.0. The molecule has 3 heterocycles. The first-order valence-electron chi connectivity index (χ1n) is 15.6. The van der Waals surface area contributed by atoms with Crippen molar-refractivity contribution in [1.82, 2.24) is 14.7 Å². The molecule has 2 amide bonds. The summed E-state index contributed by atoms with van der Waals surface area (Å²) in [6.07, 6.45) is 13.5. The van der Waals surface area contributed by atoms with E-state index in [1.807, 2.05) is 51.2 Å². The Morgan fingerprint density at radius 2 is 1.83 bits per heavy atom. The number of cyclic esters (lactones) is 1. The molecule has 3 rings (SSSR count). The van der Waals surface area contributed by atoms with Crippen molar-refractivity contribution >= 4 is 18.2 Å². The van der Waals surface area contributed by atoms with Crippen molar-refractivity contribution in [2.75, 3.05) is 53.0 Å². The molecule has 0 unspecified atom stereocenters. The highest BCUT2D eigenvalue weighted by atomic mass is 16.6. The molecule has 3 aliphatic rings. The Bertz CT molecular complexity index is 973. The number of likely N-dealkylation sites (N-methyl/N-ethyl adjacent to an activating group) is 1. The van der Waals surface area contributed by atoms with Crippen molar-refractivity contribution in [3.05, 3.63) is 36.0 Å². The van der Waals surface area contributed by atoms with Gasteiger partial charge in [-0.25, -0.2) is 9.59 Å². The summed E-state index contributed by atoms with van der Waals surface area (Å²) < 4.78 is 17.3. The summed E-state index contributed by atoms with van der Waals surface area (Å²) in [7, 11) is 2.05. The summed E-state index contributed by atoms with van der Waals surface area (Å²) in [6.45, 7) is 9.73. The van der Waals surface area contributed by atoms with Crippen LogP contribution in [0, 0.1) is 11.8 Å². The number of esters is 1. The first kappa shape index (κ1) is 33.6. The summed E-state index contributed by atoms with van der Waals surface area (Å²) >= 11 is 0. The number of likely N-dealkylation sites (tertiary alicyclic amines) is 1. The molecule has 2 saturated heterocycles. The highest BCUT2D eigenvalue weighted by Crippen LogP contribution is 2.23. The number of amides is 2. The van der Waals surface area contributed by atoms with E-state index in [0.29, 0.717) is 26.1 Å². The molecule has 0 spiro atoms. The zero-order chi connectivity index (χ0) is 30.5. The Balaban J connectivity index is 1.59. The monoisotopic (exact) mass is 589 g/mol. The number of rotatable bonds is 7. The van der Waals surface area contributed by atoms with Crippen LogP contribution in [-0.2, 0) is 19.0 Å². The average Bonchev–Trinajstić information content (AvgIpc) is 3.45. The van der Waals surface area contributed by atoms with Gasteiger partial charge in [0.25, 0.3) is 0 Å². The van der Waals surface area contributed by atoms with Crippen LogP contribution < -0.4 is 0 Å². The lowest BCUT2D eigenvalue weighted by Crippen LogP contribution is -2.47. The Kier molecular flexibility index (Phi) is 13.9. The molecular weight excluding hydrogens is 538 g/mol. The van der Waals surface area contributed by atoms with Gasteiger partial charge in [-0.05, 0) is 57.7 Å². The number of hydrogen-bond donors (Lipinski definition) is 1. The van der Waals surface area contributed by atoms with Gasteiger partial charge in [0.1, 0.15) is 12.2 Å². The van der Waals surface area contributed by atoms with Crippen LogP contribution in [0.3, 0.4) is 0 Å². The molecule has 2 fully saturated rings. The van der Waals surface area contributed by atoms with Gasteiger partial charge < -0.3 is 34.0 Å². The number of allylic oxidation sites excluding steroid dienone is 2. The third-order valence-corrected chi connectivity index (χ3v) is 8.29. The molecule has 0 aliphatic carbocycles. The number of hydrogen-bond acceptors (Lipinski definition) is 8. The smallest absolute Gasteiger partial charge is 0.410 e. The van der Waals surface area contributed by atoms with E-state index >= 15 is 0 Å². The summed E-state index contributed by atoms with van der Waals surface area (Å²) in [6, 6.07) is -0.155. The maximum Gasteiger partial charge on any atom is 0.410 e. The first-order valence-corrected chi connectivity index (χ1v) is 15.6. The van der Waals surface area contributed by atoms with Crippen molar-refractivity contribution in [2.24, 2.45) is 11.8 Å². The molecule has 0 aromatic carbocycles. The molecule has 0 saturated carbocycles. The fraction of sp³-hybridized carbons (Fsp3) is 0.719. The van der Waals surface area contributed by atoms with Gasteiger partial charge in [-0.2, -0.15) is 0 Å². The van der Waals surface area contributed by atoms with Crippen LogP contribution in [0.5, 0.6) is 0 Å². The number of aliphatic hydroxyl groups is 1. The highest BCUT2D eigenvalue weighted by molar-refractivity contribution is 5.70. The minimum Gasteiger partial charge on any atom is -0.457 e. The highest BCUT2D eigenvalue weighted by Gasteiger charge is 2.29. The van der Waals surface area contributed by atoms with Gasteiger partial charge in [-0.1, -0.05) is 44.6 Å². The number of piperazine rings is 1. The molecule has 236 valence electrons. The van der Waals surface area contributed by atoms with Gasteiger partial charge >= 0.3 is 18.2 Å². The van der Waals surface area contributed by atoms with Gasteiger partial charge in [0.15, 0.2) is 0 Å². The molecule has 10 heteroatoms. The van der Waals surface area contributed by atoms with Crippen LogP contribution in [0.4, 0.5) is 9.59 Å². The molecule has 5 atom stereocenters. The van der Waals surface area contributed by atoms with Crippen molar-refractivity contribution in [3.8, 4) is 0 Å². The third kappa shape index (κ3) is 10.8. The van der Waals surface area contributed by atoms with Crippen LogP contribution in [0.15, 0.2) is 36.0 Å². The molecule has 1 N–H and O–H groups in total. The number of carbonyl (C=O) groups excluding carboxylic acids is 3. The predicted octanol–water partition coefficient (Wildman–Crippen LogP) is 4.54. The van der Waals surface area contributed by atoms with Gasteiger partial charge in [0.05, 0.1) is 19.3 Å². The van der Waals surface area contributed by atoms with Crippen molar-refractivity contribution in [1.29, 1.82) is 0 Å². The van der Waals surface area contributed by atoms with E-state index in [2.05, 4.69) is 11.9 Å². The topological polar surface area (TPSA) is 109 Å². The number of ether oxygens (including phenoxy) is 3. The Hall–Kier alpha value is -2.85. The van der Waals surface area contributed by atoms with Crippen LogP contribution in [0.1, 0.15) is 65.7 Å². The van der Waals surface area contributed by atoms with E-state index in [9.17, 15) is 19.5 Å². The van der Waals surface area contributed by atoms with E-state index in [-0.39, 0.29) is 55.4 Å². The largest absolute Gasteiger partial charge is 0.457 e. The Labute approximate surface area is 251 Å². The molecule has 3 aliphatic heterocycles. The standard InChI is InChI=1S/C32H51N3O7/c1-24(23-40-32(39)35-17-9-12-27(35)22-36)10-8-11-25(2)30-26(3)15-16-28(13-6-5-7-14-29(37)42-30)41-31(38)34-20-18-33(4)19-21-34/h8,10-11,15-16,24,26-28,30,36H,5-7,9,12-14,17-23H2,1-4H3/b10-8+,16-15-,25-11+/t24-,26+,27-,28-,30-/m1/s1. The zero-order valence-electron chi connectivity index (χ0n) is 25.9. The maximum absolute atomic E-state index is 12.8. The minimum absolute atomic E-state index is 0.0138. The van der Waals surface area contributed by atoms with Crippen LogP contribution in [0.2, 0.25) is 0 Å². The van der Waals surface area contributed by atoms with Gasteiger partial charge in [-0.15, -0.1) is 0 Å². The van der Waals surface area contributed by atoms with E-state index in [1.54, 1.807) is 9.80 Å². The lowest BCUT2D eigenvalue weighted by molar-refractivity contribution is -0.148. The Morgan fingerprint density at radius 3 is 2.57 bits per heavy atom. The molecule has 0 aromatic heterocycles. The summed E-state index contributed by atoms with van der Waals surface area (Å²) in [4.78, 5) is 43.4. The molecule has 10 nitrogen and oxygen atoms in total. The van der Waals surface area contributed by atoms with Crippen molar-refractivity contribution < 1.29 is 33.7 Å². The fourth-order valence-electron chi connectivity index (χ4n) is 5.49. The maximum atomic E-state index is 12.8.